The van der Waals surface area contributed by atoms with Crippen LogP contribution < -0.4 is 19.7 Å². The molecule has 0 spiro atoms. The quantitative estimate of drug-likeness (QED) is 0.216. The van der Waals surface area contributed by atoms with Crippen molar-refractivity contribution in [2.75, 3.05) is 0 Å². The normalized spacial score (nSPS) is 18.1. The summed E-state index contributed by atoms with van der Waals surface area (Å²) < 4.78 is 24.2. The van der Waals surface area contributed by atoms with E-state index >= 15 is 0 Å². The molecule has 0 saturated carbocycles. The minimum absolute atomic E-state index is 0.800. The molecule has 0 N–H and O–H groups in total. The van der Waals surface area contributed by atoms with Crippen LogP contribution in [0.5, 0.6) is 11.5 Å². The van der Waals surface area contributed by atoms with E-state index in [1.165, 1.54) is 0 Å². The maximum absolute atomic E-state index is 6.18. The Labute approximate surface area is 176 Å². The third kappa shape index (κ3) is 3.01. The Morgan fingerprint density at radius 3 is 1.27 bits per heavy atom. The zero-order chi connectivity index (χ0) is 19.9. The Morgan fingerprint density at radius 1 is 0.433 bits per heavy atom. The van der Waals surface area contributed by atoms with Crippen molar-refractivity contribution >= 4 is 27.4 Å². The molecule has 0 amide bonds. The lowest BCUT2D eigenvalue weighted by Crippen LogP contribution is -2.18. The Bertz CT molecular complexity index is 1150. The summed E-state index contributed by atoms with van der Waals surface area (Å²) in [4.78, 5) is 0. The average Bonchev–Trinajstić information content (AvgIpc) is 2.82. The summed E-state index contributed by atoms with van der Waals surface area (Å²) in [5.41, 5.74) is 4.35. The van der Waals surface area contributed by atoms with E-state index in [2.05, 4.69) is 24.3 Å². The largest absolute Gasteiger partial charge is 0.442 e. The molecular formula is C24H16O4P2. The maximum Gasteiger partial charge on any atom is 0.299 e. The molecule has 6 heteroatoms. The topological polar surface area (TPSA) is 36.9 Å². The van der Waals surface area contributed by atoms with Gasteiger partial charge in [-0.25, -0.2) is 0 Å². The van der Waals surface area contributed by atoms with E-state index in [0.717, 1.165) is 44.4 Å². The van der Waals surface area contributed by atoms with Crippen LogP contribution in [0.2, 0.25) is 0 Å². The van der Waals surface area contributed by atoms with Crippen LogP contribution in [0.15, 0.2) is 97.1 Å². The van der Waals surface area contributed by atoms with Gasteiger partial charge in [-0.1, -0.05) is 72.8 Å². The van der Waals surface area contributed by atoms with Gasteiger partial charge in [-0.3, -0.25) is 0 Å². The van der Waals surface area contributed by atoms with Gasteiger partial charge in [0.15, 0.2) is 0 Å². The van der Waals surface area contributed by atoms with Gasteiger partial charge in [-0.2, -0.15) is 9.35 Å². The first-order valence-corrected chi connectivity index (χ1v) is 11.9. The first-order chi connectivity index (χ1) is 14.9. The summed E-state index contributed by atoms with van der Waals surface area (Å²) in [5, 5.41) is 1.98. The molecule has 6 rings (SSSR count). The Hall–Kier alpha value is -2.74. The Morgan fingerprint density at radius 2 is 0.800 bits per heavy atom. The molecule has 0 radical (unpaired) electrons. The van der Waals surface area contributed by atoms with Crippen LogP contribution in [0.25, 0.3) is 22.3 Å². The molecule has 0 fully saturated rings. The lowest BCUT2D eigenvalue weighted by atomic mass is 10.0. The van der Waals surface area contributed by atoms with Crippen LogP contribution in [-0.4, -0.2) is 0 Å². The summed E-state index contributed by atoms with van der Waals surface area (Å²) in [5.74, 6) is 1.60. The first-order valence-electron chi connectivity index (χ1n) is 9.56. The number of rotatable bonds is 3. The van der Waals surface area contributed by atoms with Gasteiger partial charge in [0.05, 0.1) is 10.6 Å². The number of fused-ring (bicyclic) bond motifs is 6. The molecule has 2 unspecified atom stereocenters. The van der Waals surface area contributed by atoms with Crippen molar-refractivity contribution in [3.63, 3.8) is 0 Å². The van der Waals surface area contributed by atoms with Gasteiger partial charge in [0.2, 0.25) is 0 Å². The smallest absolute Gasteiger partial charge is 0.299 e. The van der Waals surface area contributed by atoms with Crippen molar-refractivity contribution in [3.8, 4) is 33.8 Å². The predicted molar refractivity (Wildman–Crippen MR) is 120 cm³/mol. The molecule has 0 saturated heterocycles. The van der Waals surface area contributed by atoms with Gasteiger partial charge in [0.1, 0.15) is 11.5 Å². The van der Waals surface area contributed by atoms with Crippen LogP contribution in [-0.2, 0) is 9.35 Å². The monoisotopic (exact) mass is 430 g/mol. The predicted octanol–water partition coefficient (Wildman–Crippen LogP) is 6.33. The number of hydrogen-bond acceptors (Lipinski definition) is 4. The second-order valence-corrected chi connectivity index (χ2v) is 9.53. The molecule has 2 heterocycles. The molecule has 2 aliphatic rings. The molecule has 146 valence electrons. The number of benzene rings is 4. The molecule has 0 aliphatic carbocycles. The van der Waals surface area contributed by atoms with Crippen molar-refractivity contribution in [1.82, 2.24) is 0 Å². The molecule has 0 aromatic heterocycles. The van der Waals surface area contributed by atoms with Crippen molar-refractivity contribution < 1.29 is 18.4 Å². The van der Waals surface area contributed by atoms with Crippen LogP contribution in [0.4, 0.5) is 0 Å². The lowest BCUT2D eigenvalue weighted by molar-refractivity contribution is -0.0894. The van der Waals surface area contributed by atoms with Gasteiger partial charge in [0, 0.05) is 11.1 Å². The highest BCUT2D eigenvalue weighted by atomic mass is 31.2. The van der Waals surface area contributed by atoms with E-state index in [1.807, 2.05) is 72.8 Å². The molecule has 0 bridgehead atoms. The molecule has 4 aromatic carbocycles. The zero-order valence-electron chi connectivity index (χ0n) is 15.8. The lowest BCUT2D eigenvalue weighted by Gasteiger charge is -2.29. The van der Waals surface area contributed by atoms with Gasteiger partial charge in [-0.15, -0.1) is 0 Å². The summed E-state index contributed by atoms with van der Waals surface area (Å²) in [6.07, 6.45) is 0. The average molecular weight is 430 g/mol. The van der Waals surface area contributed by atoms with Gasteiger partial charge < -0.3 is 9.05 Å². The van der Waals surface area contributed by atoms with Crippen molar-refractivity contribution in [2.45, 2.75) is 0 Å². The minimum atomic E-state index is -1.44. The van der Waals surface area contributed by atoms with Gasteiger partial charge in [0.25, 0.3) is 16.8 Å². The van der Waals surface area contributed by atoms with Gasteiger partial charge in [-0.05, 0) is 35.4 Å². The zero-order valence-corrected chi connectivity index (χ0v) is 17.6. The van der Waals surface area contributed by atoms with Crippen LogP contribution >= 0.6 is 16.8 Å². The molecule has 2 aliphatic heterocycles. The Balaban J connectivity index is 1.31. The standard InChI is InChI=1S/C24H16O4P2/c1-5-13-21-17(9-1)19-11-3-7-15-23(19)29(25-21)27-28-30-24-16-8-4-12-20(24)18-10-2-6-14-22(18)26-30/h1-16H. The van der Waals surface area contributed by atoms with Crippen molar-refractivity contribution in [2.24, 2.45) is 0 Å². The van der Waals surface area contributed by atoms with E-state index in [9.17, 15) is 0 Å². The fraction of sp³-hybridized carbons (Fsp3) is 0. The Kier molecular flexibility index (Phi) is 4.52. The molecule has 30 heavy (non-hydrogen) atoms. The second-order valence-electron chi connectivity index (χ2n) is 6.87. The summed E-state index contributed by atoms with van der Waals surface area (Å²) >= 11 is 0. The second kappa shape index (κ2) is 7.50. The summed E-state index contributed by atoms with van der Waals surface area (Å²) in [7, 11) is -2.88. The summed E-state index contributed by atoms with van der Waals surface area (Å²) in [6, 6.07) is 32.2. The van der Waals surface area contributed by atoms with E-state index in [4.69, 9.17) is 18.4 Å². The minimum Gasteiger partial charge on any atom is -0.442 e. The van der Waals surface area contributed by atoms with Crippen molar-refractivity contribution in [1.29, 1.82) is 0 Å². The molecule has 4 aromatic rings. The maximum atomic E-state index is 6.18. The van der Waals surface area contributed by atoms with Crippen LogP contribution in [0, 0.1) is 0 Å². The molecular weight excluding hydrogens is 414 g/mol. The fourth-order valence-electron chi connectivity index (χ4n) is 3.71. The molecule has 4 nitrogen and oxygen atoms in total. The number of para-hydroxylation sites is 2. The first kappa shape index (κ1) is 18.1. The number of hydrogen-bond donors (Lipinski definition) is 0. The van der Waals surface area contributed by atoms with E-state index in [1.54, 1.807) is 0 Å². The van der Waals surface area contributed by atoms with E-state index in [0.29, 0.717) is 0 Å². The van der Waals surface area contributed by atoms with Crippen molar-refractivity contribution in [3.05, 3.63) is 97.1 Å². The molecule has 2 atom stereocenters. The summed E-state index contributed by atoms with van der Waals surface area (Å²) in [6.45, 7) is 0. The van der Waals surface area contributed by atoms with E-state index in [-0.39, 0.29) is 0 Å². The third-order valence-electron chi connectivity index (χ3n) is 5.09. The SMILES string of the molecule is c1ccc2c(c1)OP(OOP1Oc3ccccc3-c3ccccc31)c1ccccc1-2. The highest BCUT2D eigenvalue weighted by Crippen LogP contribution is 2.55. The van der Waals surface area contributed by atoms with E-state index < -0.39 is 16.8 Å². The van der Waals surface area contributed by atoms with Crippen LogP contribution in [0.1, 0.15) is 0 Å². The fourth-order valence-corrected chi connectivity index (χ4v) is 6.48. The van der Waals surface area contributed by atoms with Crippen LogP contribution in [0.3, 0.4) is 0 Å². The highest BCUT2D eigenvalue weighted by molar-refractivity contribution is 7.59. The third-order valence-corrected chi connectivity index (χ3v) is 7.92. The van der Waals surface area contributed by atoms with Gasteiger partial charge >= 0.3 is 0 Å². The highest BCUT2D eigenvalue weighted by Gasteiger charge is 2.33.